The molecule has 2 rings (SSSR count). The van der Waals surface area contributed by atoms with Gasteiger partial charge in [0, 0.05) is 24.3 Å². The Bertz CT molecular complexity index is 549. The number of hydrogen-bond acceptors (Lipinski definition) is 3. The van der Waals surface area contributed by atoms with Gasteiger partial charge in [-0.25, -0.2) is 0 Å². The van der Waals surface area contributed by atoms with E-state index in [1.54, 1.807) is 0 Å². The summed E-state index contributed by atoms with van der Waals surface area (Å²) in [5.74, 6) is 0.875. The SMILES string of the molecule is Cc1nn(C)c(C)c1OCCNc1ccc(Cl)cc1. The van der Waals surface area contributed by atoms with E-state index < -0.39 is 0 Å². The average Bonchev–Trinajstić information content (AvgIpc) is 2.62. The fourth-order valence-electron chi connectivity index (χ4n) is 1.88. The van der Waals surface area contributed by atoms with E-state index in [1.807, 2.05) is 49.8 Å². The third-order valence-electron chi connectivity index (χ3n) is 2.96. The Hall–Kier alpha value is -1.68. The number of aryl methyl sites for hydroxylation is 2. The first-order valence-electron chi connectivity index (χ1n) is 6.20. The monoisotopic (exact) mass is 279 g/mol. The van der Waals surface area contributed by atoms with E-state index in [0.29, 0.717) is 6.61 Å². The molecule has 1 aromatic carbocycles. The van der Waals surface area contributed by atoms with Crippen LogP contribution in [0.5, 0.6) is 5.75 Å². The number of benzene rings is 1. The first-order valence-corrected chi connectivity index (χ1v) is 6.58. The molecule has 5 heteroatoms. The highest BCUT2D eigenvalue weighted by molar-refractivity contribution is 6.30. The van der Waals surface area contributed by atoms with Crippen LogP contribution >= 0.6 is 11.6 Å². The second-order valence-electron chi connectivity index (χ2n) is 4.41. The number of rotatable bonds is 5. The summed E-state index contributed by atoms with van der Waals surface area (Å²) in [5, 5.41) is 8.33. The number of ether oxygens (including phenoxy) is 1. The second kappa shape index (κ2) is 5.97. The largest absolute Gasteiger partial charge is 0.488 e. The van der Waals surface area contributed by atoms with Crippen molar-refractivity contribution in [2.45, 2.75) is 13.8 Å². The first kappa shape index (κ1) is 13.7. The van der Waals surface area contributed by atoms with E-state index in [2.05, 4.69) is 10.4 Å². The van der Waals surface area contributed by atoms with Crippen LogP contribution in [0.2, 0.25) is 5.02 Å². The molecule has 0 aliphatic rings. The van der Waals surface area contributed by atoms with E-state index in [-0.39, 0.29) is 0 Å². The highest BCUT2D eigenvalue weighted by atomic mass is 35.5. The normalized spacial score (nSPS) is 10.5. The van der Waals surface area contributed by atoms with E-state index in [4.69, 9.17) is 16.3 Å². The quantitative estimate of drug-likeness (QED) is 0.855. The molecule has 0 saturated carbocycles. The van der Waals surface area contributed by atoms with Crippen molar-refractivity contribution in [1.82, 2.24) is 9.78 Å². The molecular weight excluding hydrogens is 262 g/mol. The van der Waals surface area contributed by atoms with E-state index in [9.17, 15) is 0 Å². The minimum Gasteiger partial charge on any atom is -0.488 e. The van der Waals surface area contributed by atoms with Crippen molar-refractivity contribution in [3.05, 3.63) is 40.7 Å². The fourth-order valence-corrected chi connectivity index (χ4v) is 2.01. The maximum atomic E-state index is 5.83. The topological polar surface area (TPSA) is 39.1 Å². The van der Waals surface area contributed by atoms with Gasteiger partial charge in [0.25, 0.3) is 0 Å². The molecule has 0 aliphatic heterocycles. The zero-order chi connectivity index (χ0) is 13.8. The summed E-state index contributed by atoms with van der Waals surface area (Å²) >= 11 is 5.83. The van der Waals surface area contributed by atoms with Crippen LogP contribution in [0.3, 0.4) is 0 Å². The molecule has 102 valence electrons. The lowest BCUT2D eigenvalue weighted by molar-refractivity contribution is 0.328. The summed E-state index contributed by atoms with van der Waals surface area (Å²) < 4.78 is 7.59. The van der Waals surface area contributed by atoms with Crippen molar-refractivity contribution in [2.24, 2.45) is 7.05 Å². The van der Waals surface area contributed by atoms with Gasteiger partial charge in [-0.2, -0.15) is 5.10 Å². The lowest BCUT2D eigenvalue weighted by atomic mass is 10.3. The molecule has 2 aromatic rings. The lowest BCUT2D eigenvalue weighted by Crippen LogP contribution is -2.12. The summed E-state index contributed by atoms with van der Waals surface area (Å²) in [7, 11) is 1.92. The summed E-state index contributed by atoms with van der Waals surface area (Å²) in [5.41, 5.74) is 3.00. The number of aromatic nitrogens is 2. The molecule has 1 aromatic heterocycles. The van der Waals surface area contributed by atoms with Gasteiger partial charge >= 0.3 is 0 Å². The summed E-state index contributed by atoms with van der Waals surface area (Å²) in [4.78, 5) is 0. The number of halogens is 1. The maximum Gasteiger partial charge on any atom is 0.163 e. The minimum absolute atomic E-state index is 0.593. The predicted molar refractivity (Wildman–Crippen MR) is 78.1 cm³/mol. The maximum absolute atomic E-state index is 5.83. The molecule has 0 amide bonds. The Labute approximate surface area is 118 Å². The van der Waals surface area contributed by atoms with Gasteiger partial charge in [0.15, 0.2) is 5.75 Å². The Morgan fingerprint density at radius 3 is 2.53 bits per heavy atom. The van der Waals surface area contributed by atoms with E-state index >= 15 is 0 Å². The Morgan fingerprint density at radius 1 is 1.26 bits per heavy atom. The van der Waals surface area contributed by atoms with Crippen LogP contribution in [0, 0.1) is 13.8 Å². The van der Waals surface area contributed by atoms with Gasteiger partial charge in [-0.15, -0.1) is 0 Å². The van der Waals surface area contributed by atoms with Crippen molar-refractivity contribution in [3.8, 4) is 5.75 Å². The highest BCUT2D eigenvalue weighted by Crippen LogP contribution is 2.21. The zero-order valence-electron chi connectivity index (χ0n) is 11.4. The summed E-state index contributed by atoms with van der Waals surface area (Å²) in [6.45, 7) is 5.28. The summed E-state index contributed by atoms with van der Waals surface area (Å²) in [6.07, 6.45) is 0. The van der Waals surface area contributed by atoms with E-state index in [0.717, 1.165) is 34.4 Å². The molecule has 0 saturated heterocycles. The molecular formula is C14H18ClN3O. The molecule has 0 atom stereocenters. The first-order chi connectivity index (χ1) is 9.08. The zero-order valence-corrected chi connectivity index (χ0v) is 12.2. The molecule has 1 N–H and O–H groups in total. The fraction of sp³-hybridized carbons (Fsp3) is 0.357. The number of nitrogens with zero attached hydrogens (tertiary/aromatic N) is 2. The highest BCUT2D eigenvalue weighted by Gasteiger charge is 2.09. The second-order valence-corrected chi connectivity index (χ2v) is 4.84. The van der Waals surface area contributed by atoms with Crippen molar-refractivity contribution >= 4 is 17.3 Å². The average molecular weight is 280 g/mol. The predicted octanol–water partition coefficient (Wildman–Crippen LogP) is 3.18. The number of nitrogens with one attached hydrogen (secondary N) is 1. The van der Waals surface area contributed by atoms with Gasteiger partial charge in [-0.05, 0) is 38.1 Å². The van der Waals surface area contributed by atoms with Gasteiger partial charge < -0.3 is 10.1 Å². The number of hydrogen-bond donors (Lipinski definition) is 1. The smallest absolute Gasteiger partial charge is 0.163 e. The van der Waals surface area contributed by atoms with E-state index in [1.165, 1.54) is 0 Å². The standard InChI is InChI=1S/C14H18ClN3O/c1-10-14(11(2)18(3)17-10)19-9-8-16-13-6-4-12(15)5-7-13/h4-7,16H,8-9H2,1-3H3. The lowest BCUT2D eigenvalue weighted by Gasteiger charge is -2.09. The van der Waals surface area contributed by atoms with Crippen LogP contribution in [0.4, 0.5) is 5.69 Å². The Balaban J connectivity index is 1.82. The molecule has 0 unspecified atom stereocenters. The molecule has 0 fully saturated rings. The van der Waals surface area contributed by atoms with Crippen LogP contribution in [0.15, 0.2) is 24.3 Å². The van der Waals surface area contributed by atoms with Crippen LogP contribution in [0.25, 0.3) is 0 Å². The molecule has 0 radical (unpaired) electrons. The molecule has 0 spiro atoms. The Kier molecular flexibility index (Phi) is 4.32. The van der Waals surface area contributed by atoms with Gasteiger partial charge in [-0.3, -0.25) is 4.68 Å². The van der Waals surface area contributed by atoms with Crippen LogP contribution in [-0.2, 0) is 7.05 Å². The summed E-state index contributed by atoms with van der Waals surface area (Å²) in [6, 6.07) is 7.62. The van der Waals surface area contributed by atoms with Crippen molar-refractivity contribution in [3.63, 3.8) is 0 Å². The van der Waals surface area contributed by atoms with Crippen LogP contribution in [0.1, 0.15) is 11.4 Å². The van der Waals surface area contributed by atoms with Crippen molar-refractivity contribution < 1.29 is 4.74 Å². The molecule has 0 bridgehead atoms. The third kappa shape index (κ3) is 3.41. The molecule has 4 nitrogen and oxygen atoms in total. The minimum atomic E-state index is 0.593. The molecule has 1 heterocycles. The van der Waals surface area contributed by atoms with Gasteiger partial charge in [0.1, 0.15) is 12.3 Å². The van der Waals surface area contributed by atoms with Crippen molar-refractivity contribution in [1.29, 1.82) is 0 Å². The number of anilines is 1. The Morgan fingerprint density at radius 2 is 1.95 bits per heavy atom. The van der Waals surface area contributed by atoms with Gasteiger partial charge in [-0.1, -0.05) is 11.6 Å². The van der Waals surface area contributed by atoms with Gasteiger partial charge in [0.05, 0.1) is 5.69 Å². The molecule has 19 heavy (non-hydrogen) atoms. The third-order valence-corrected chi connectivity index (χ3v) is 3.22. The van der Waals surface area contributed by atoms with Crippen LogP contribution in [-0.4, -0.2) is 22.9 Å². The van der Waals surface area contributed by atoms with Crippen molar-refractivity contribution in [2.75, 3.05) is 18.5 Å². The molecule has 0 aliphatic carbocycles. The van der Waals surface area contributed by atoms with Gasteiger partial charge in [0.2, 0.25) is 0 Å². The van der Waals surface area contributed by atoms with Crippen LogP contribution < -0.4 is 10.1 Å².